The fraction of sp³-hybridized carbons (Fsp3) is 0.462. The molecule has 1 N–H and O–H groups in total. The van der Waals surface area contributed by atoms with E-state index in [-0.39, 0.29) is 12.0 Å². The van der Waals surface area contributed by atoms with Crippen LogP contribution in [0.4, 0.5) is 17.6 Å². The molecule has 0 saturated heterocycles. The highest BCUT2D eigenvalue weighted by atomic mass is 19.4. The van der Waals surface area contributed by atoms with E-state index in [2.05, 4.69) is 5.32 Å². The largest absolute Gasteiger partial charge is 0.389 e. The lowest BCUT2D eigenvalue weighted by Gasteiger charge is -2.07. The Morgan fingerprint density at radius 3 is 2.58 bits per heavy atom. The average Bonchev–Trinajstić information content (AvgIpc) is 2.34. The van der Waals surface area contributed by atoms with Crippen molar-refractivity contribution in [1.82, 2.24) is 5.32 Å². The van der Waals surface area contributed by atoms with Gasteiger partial charge in [0.25, 0.3) is 0 Å². The van der Waals surface area contributed by atoms with Crippen molar-refractivity contribution in [3.05, 3.63) is 35.1 Å². The number of nitrogens with one attached hydrogen (secondary N) is 1. The van der Waals surface area contributed by atoms with Crippen molar-refractivity contribution in [2.24, 2.45) is 0 Å². The van der Waals surface area contributed by atoms with Gasteiger partial charge in [-0.1, -0.05) is 6.07 Å². The van der Waals surface area contributed by atoms with Crippen LogP contribution < -0.4 is 5.32 Å². The highest BCUT2D eigenvalue weighted by molar-refractivity contribution is 5.34. The van der Waals surface area contributed by atoms with Crippen molar-refractivity contribution >= 4 is 0 Å². The molecule has 0 amide bonds. The first-order chi connectivity index (χ1) is 8.92. The molecule has 0 saturated carbocycles. The van der Waals surface area contributed by atoms with Gasteiger partial charge in [0.15, 0.2) is 0 Å². The van der Waals surface area contributed by atoms with E-state index in [1.807, 2.05) is 0 Å². The summed E-state index contributed by atoms with van der Waals surface area (Å²) >= 11 is 0. The second kappa shape index (κ2) is 7.10. The summed E-state index contributed by atoms with van der Waals surface area (Å²) in [6.07, 6.45) is -4.36. The van der Waals surface area contributed by atoms with Crippen molar-refractivity contribution in [3.63, 3.8) is 0 Å². The maximum atomic E-state index is 13.0. The molecule has 0 aliphatic carbocycles. The Balaban J connectivity index is 2.25. The van der Waals surface area contributed by atoms with E-state index in [9.17, 15) is 17.6 Å². The summed E-state index contributed by atoms with van der Waals surface area (Å²) in [5.41, 5.74) is 0.699. The maximum Gasteiger partial charge on any atom is 0.389 e. The van der Waals surface area contributed by atoms with Gasteiger partial charge in [0.2, 0.25) is 0 Å². The van der Waals surface area contributed by atoms with Gasteiger partial charge in [-0.25, -0.2) is 4.39 Å². The van der Waals surface area contributed by atoms with Gasteiger partial charge >= 0.3 is 6.18 Å². The molecule has 0 unspecified atom stereocenters. The third kappa shape index (κ3) is 6.20. The number of rotatable bonds is 6. The summed E-state index contributed by atoms with van der Waals surface area (Å²) < 4.78 is 48.6. The molecule has 0 atom stereocenters. The molecule has 0 fully saturated rings. The van der Waals surface area contributed by atoms with Gasteiger partial charge in [-0.05, 0) is 37.1 Å². The van der Waals surface area contributed by atoms with Crippen LogP contribution in [0.15, 0.2) is 18.2 Å². The van der Waals surface area contributed by atoms with Gasteiger partial charge in [-0.3, -0.25) is 0 Å². The lowest BCUT2D eigenvalue weighted by Crippen LogP contribution is -2.16. The van der Waals surface area contributed by atoms with Crippen molar-refractivity contribution in [3.8, 4) is 6.07 Å². The normalized spacial score (nSPS) is 11.3. The third-order valence-electron chi connectivity index (χ3n) is 2.54. The predicted molar refractivity (Wildman–Crippen MR) is 62.7 cm³/mol. The fourth-order valence-electron chi connectivity index (χ4n) is 1.58. The molecule has 0 aliphatic heterocycles. The Hall–Kier alpha value is -1.61. The van der Waals surface area contributed by atoms with E-state index in [1.165, 1.54) is 12.1 Å². The van der Waals surface area contributed by atoms with Crippen molar-refractivity contribution in [2.75, 3.05) is 6.54 Å². The van der Waals surface area contributed by atoms with E-state index in [4.69, 9.17) is 5.26 Å². The molecule has 0 aromatic heterocycles. The summed E-state index contributed by atoms with van der Waals surface area (Å²) in [7, 11) is 0. The molecule has 0 radical (unpaired) electrons. The van der Waals surface area contributed by atoms with Crippen molar-refractivity contribution < 1.29 is 17.6 Å². The number of hydrogen-bond acceptors (Lipinski definition) is 2. The van der Waals surface area contributed by atoms with Gasteiger partial charge in [0.1, 0.15) is 11.9 Å². The van der Waals surface area contributed by atoms with Crippen molar-refractivity contribution in [2.45, 2.75) is 32.0 Å². The Kier molecular flexibility index (Phi) is 5.77. The van der Waals surface area contributed by atoms with Crippen LogP contribution in [0.3, 0.4) is 0 Å². The number of nitrogens with zero attached hydrogens (tertiary/aromatic N) is 1. The molecular weight excluding hydrogens is 260 g/mol. The SMILES string of the molecule is N#Cc1cc(CNCCCCC(F)(F)F)ccc1F. The zero-order valence-electron chi connectivity index (χ0n) is 10.2. The summed E-state index contributed by atoms with van der Waals surface area (Å²) in [6, 6.07) is 5.91. The minimum atomic E-state index is -4.10. The Morgan fingerprint density at radius 1 is 1.21 bits per heavy atom. The number of benzene rings is 1. The molecule has 0 aliphatic rings. The Labute approximate surface area is 109 Å². The quantitative estimate of drug-likeness (QED) is 0.636. The number of alkyl halides is 3. The van der Waals surface area contributed by atoms with Gasteiger partial charge < -0.3 is 5.32 Å². The van der Waals surface area contributed by atoms with E-state index >= 15 is 0 Å². The second-order valence-electron chi connectivity index (χ2n) is 4.18. The van der Waals surface area contributed by atoms with Gasteiger partial charge in [-0.2, -0.15) is 18.4 Å². The standard InChI is InChI=1S/C13H14F4N2/c14-12-4-3-10(7-11(12)8-18)9-19-6-2-1-5-13(15,16)17/h3-4,7,19H,1-2,5-6,9H2. The minimum Gasteiger partial charge on any atom is -0.313 e. The third-order valence-corrected chi connectivity index (χ3v) is 2.54. The molecule has 0 spiro atoms. The molecule has 19 heavy (non-hydrogen) atoms. The van der Waals surface area contributed by atoms with Crippen LogP contribution in [0.5, 0.6) is 0 Å². The van der Waals surface area contributed by atoms with Gasteiger partial charge in [0.05, 0.1) is 5.56 Å². The lowest BCUT2D eigenvalue weighted by molar-refractivity contribution is -0.135. The Morgan fingerprint density at radius 2 is 1.95 bits per heavy atom. The summed E-state index contributed by atoms with van der Waals surface area (Å²) in [5.74, 6) is -0.573. The second-order valence-corrected chi connectivity index (χ2v) is 4.18. The van der Waals surface area contributed by atoms with E-state index < -0.39 is 18.4 Å². The zero-order chi connectivity index (χ0) is 14.3. The monoisotopic (exact) mass is 274 g/mol. The molecule has 1 aromatic rings. The maximum absolute atomic E-state index is 13.0. The first-order valence-corrected chi connectivity index (χ1v) is 5.88. The molecule has 2 nitrogen and oxygen atoms in total. The molecule has 0 heterocycles. The topological polar surface area (TPSA) is 35.8 Å². The summed E-state index contributed by atoms with van der Waals surface area (Å²) in [5, 5.41) is 11.6. The van der Waals surface area contributed by atoms with Crippen LogP contribution in [0, 0.1) is 17.1 Å². The number of halogens is 4. The van der Waals surface area contributed by atoms with E-state index in [1.54, 1.807) is 12.1 Å². The highest BCUT2D eigenvalue weighted by Gasteiger charge is 2.25. The average molecular weight is 274 g/mol. The summed E-state index contributed by atoms with van der Waals surface area (Å²) in [4.78, 5) is 0. The molecule has 104 valence electrons. The van der Waals surface area contributed by atoms with Crippen LogP contribution >= 0.6 is 0 Å². The number of unbranched alkanes of at least 4 members (excludes halogenated alkanes) is 1. The van der Waals surface area contributed by atoms with Gasteiger partial charge in [0, 0.05) is 13.0 Å². The van der Waals surface area contributed by atoms with Crippen LogP contribution in [0.1, 0.15) is 30.4 Å². The van der Waals surface area contributed by atoms with E-state index in [0.29, 0.717) is 19.5 Å². The van der Waals surface area contributed by atoms with Crippen LogP contribution in [-0.2, 0) is 6.54 Å². The minimum absolute atomic E-state index is 0.0311. The smallest absolute Gasteiger partial charge is 0.313 e. The molecule has 1 aromatic carbocycles. The van der Waals surface area contributed by atoms with Crippen molar-refractivity contribution in [1.29, 1.82) is 5.26 Å². The number of hydrogen-bond donors (Lipinski definition) is 1. The molecule has 0 bridgehead atoms. The lowest BCUT2D eigenvalue weighted by atomic mass is 10.1. The first-order valence-electron chi connectivity index (χ1n) is 5.88. The highest BCUT2D eigenvalue weighted by Crippen LogP contribution is 2.21. The fourth-order valence-corrected chi connectivity index (χ4v) is 1.58. The Bertz CT molecular complexity index is 449. The van der Waals surface area contributed by atoms with E-state index in [0.717, 1.165) is 5.56 Å². The first kappa shape index (κ1) is 15.4. The molecular formula is C13H14F4N2. The molecule has 1 rings (SSSR count). The summed E-state index contributed by atoms with van der Waals surface area (Å²) in [6.45, 7) is 0.857. The van der Waals surface area contributed by atoms with Crippen LogP contribution in [-0.4, -0.2) is 12.7 Å². The van der Waals surface area contributed by atoms with Crippen LogP contribution in [0.2, 0.25) is 0 Å². The zero-order valence-corrected chi connectivity index (χ0v) is 10.2. The number of nitriles is 1. The van der Waals surface area contributed by atoms with Crippen LogP contribution in [0.25, 0.3) is 0 Å². The van der Waals surface area contributed by atoms with Gasteiger partial charge in [-0.15, -0.1) is 0 Å². The predicted octanol–water partition coefficient (Wildman–Crippen LogP) is 3.52. The molecule has 6 heteroatoms.